The molecular formula is C22H19BrN4. The van der Waals surface area contributed by atoms with Crippen LogP contribution in [0.2, 0.25) is 0 Å². The Morgan fingerprint density at radius 1 is 1.11 bits per heavy atom. The number of aromatic amines is 1. The van der Waals surface area contributed by atoms with Gasteiger partial charge in [-0.05, 0) is 17.7 Å². The lowest BCUT2D eigenvalue weighted by Crippen LogP contribution is -2.30. The number of H-pyrrole nitrogens is 1. The summed E-state index contributed by atoms with van der Waals surface area (Å²) in [6.45, 7) is 2.84. The van der Waals surface area contributed by atoms with Gasteiger partial charge >= 0.3 is 0 Å². The molecule has 27 heavy (non-hydrogen) atoms. The van der Waals surface area contributed by atoms with Crippen LogP contribution in [0.1, 0.15) is 16.8 Å². The minimum absolute atomic E-state index is 0.824. The molecule has 134 valence electrons. The highest BCUT2D eigenvalue weighted by molar-refractivity contribution is 9.10. The molecule has 0 atom stereocenters. The standard InChI is InChI=1S/C22H19BrN4/c23-18-6-7-19-16(11-24-21(19)10-18)13-27-9-8-20-17(14-27)12-25-22(26-20)15-4-2-1-3-5-15/h1-7,10-12,24H,8-9,13-14H2. The third-order valence-electron chi connectivity index (χ3n) is 5.17. The Bertz CT molecular complexity index is 1100. The predicted octanol–water partition coefficient (Wildman–Crippen LogP) is 4.95. The molecule has 0 amide bonds. The molecule has 3 heterocycles. The van der Waals surface area contributed by atoms with Crippen molar-refractivity contribution >= 4 is 26.8 Å². The predicted molar refractivity (Wildman–Crippen MR) is 111 cm³/mol. The molecule has 4 aromatic rings. The number of hydrogen-bond acceptors (Lipinski definition) is 3. The number of nitrogens with zero attached hydrogens (tertiary/aromatic N) is 3. The van der Waals surface area contributed by atoms with Crippen LogP contribution in [0.4, 0.5) is 0 Å². The first-order valence-electron chi connectivity index (χ1n) is 9.14. The molecule has 0 aliphatic carbocycles. The maximum absolute atomic E-state index is 4.83. The highest BCUT2D eigenvalue weighted by Crippen LogP contribution is 2.26. The zero-order valence-electron chi connectivity index (χ0n) is 14.8. The SMILES string of the molecule is Brc1ccc2c(CN3CCc4nc(-c5ccccc5)ncc4C3)c[nH]c2c1. The molecule has 0 fully saturated rings. The fourth-order valence-electron chi connectivity index (χ4n) is 3.77. The van der Waals surface area contributed by atoms with E-state index in [1.54, 1.807) is 0 Å². The van der Waals surface area contributed by atoms with Crippen molar-refractivity contribution in [2.75, 3.05) is 6.54 Å². The molecule has 0 unspecified atom stereocenters. The molecule has 0 saturated carbocycles. The Labute approximate surface area is 166 Å². The number of rotatable bonds is 3. The van der Waals surface area contributed by atoms with E-state index in [-0.39, 0.29) is 0 Å². The van der Waals surface area contributed by atoms with Gasteiger partial charge in [-0.1, -0.05) is 52.3 Å². The smallest absolute Gasteiger partial charge is 0.159 e. The van der Waals surface area contributed by atoms with Crippen molar-refractivity contribution in [2.24, 2.45) is 0 Å². The van der Waals surface area contributed by atoms with Gasteiger partial charge in [0.15, 0.2) is 5.82 Å². The summed E-state index contributed by atoms with van der Waals surface area (Å²) in [5.41, 5.74) is 6.01. The lowest BCUT2D eigenvalue weighted by Gasteiger charge is -2.27. The molecule has 5 heteroatoms. The number of benzene rings is 2. The number of hydrogen-bond donors (Lipinski definition) is 1. The van der Waals surface area contributed by atoms with Crippen molar-refractivity contribution < 1.29 is 0 Å². The zero-order chi connectivity index (χ0) is 18.2. The van der Waals surface area contributed by atoms with E-state index < -0.39 is 0 Å². The molecule has 1 aliphatic rings. The maximum atomic E-state index is 4.83. The third kappa shape index (κ3) is 3.29. The summed E-state index contributed by atoms with van der Waals surface area (Å²) >= 11 is 3.54. The summed E-state index contributed by atoms with van der Waals surface area (Å²) in [7, 11) is 0. The van der Waals surface area contributed by atoms with Crippen molar-refractivity contribution in [3.05, 3.63) is 82.2 Å². The van der Waals surface area contributed by atoms with Gasteiger partial charge in [0.25, 0.3) is 0 Å². The van der Waals surface area contributed by atoms with Gasteiger partial charge in [-0.15, -0.1) is 0 Å². The fourth-order valence-corrected chi connectivity index (χ4v) is 4.13. The molecule has 4 nitrogen and oxygen atoms in total. The first kappa shape index (κ1) is 16.7. The van der Waals surface area contributed by atoms with Crippen LogP contribution < -0.4 is 0 Å². The number of fused-ring (bicyclic) bond motifs is 2. The van der Waals surface area contributed by atoms with E-state index in [4.69, 9.17) is 4.98 Å². The quantitative estimate of drug-likeness (QED) is 0.511. The van der Waals surface area contributed by atoms with E-state index in [1.807, 2.05) is 24.4 Å². The average Bonchev–Trinajstić information content (AvgIpc) is 3.10. The van der Waals surface area contributed by atoms with Gasteiger partial charge in [0.1, 0.15) is 0 Å². The maximum Gasteiger partial charge on any atom is 0.159 e. The summed E-state index contributed by atoms with van der Waals surface area (Å²) in [4.78, 5) is 15.3. The Morgan fingerprint density at radius 3 is 2.89 bits per heavy atom. The molecule has 0 radical (unpaired) electrons. The number of nitrogens with one attached hydrogen (secondary N) is 1. The zero-order valence-corrected chi connectivity index (χ0v) is 16.4. The summed E-state index contributed by atoms with van der Waals surface area (Å²) < 4.78 is 1.10. The minimum Gasteiger partial charge on any atom is -0.361 e. The van der Waals surface area contributed by atoms with Gasteiger partial charge < -0.3 is 4.98 Å². The molecule has 1 aliphatic heterocycles. The Morgan fingerprint density at radius 2 is 2.00 bits per heavy atom. The van der Waals surface area contributed by atoms with Gasteiger partial charge in [0.05, 0.1) is 5.69 Å². The number of halogens is 1. The molecule has 1 N–H and O–H groups in total. The molecule has 5 rings (SSSR count). The van der Waals surface area contributed by atoms with Crippen molar-refractivity contribution in [3.63, 3.8) is 0 Å². The summed E-state index contributed by atoms with van der Waals surface area (Å²) in [6.07, 6.45) is 5.09. The van der Waals surface area contributed by atoms with E-state index in [9.17, 15) is 0 Å². The van der Waals surface area contributed by atoms with E-state index in [0.717, 1.165) is 41.9 Å². The van der Waals surface area contributed by atoms with Crippen LogP contribution >= 0.6 is 15.9 Å². The second kappa shape index (κ2) is 6.91. The molecule has 2 aromatic heterocycles. The Kier molecular flexibility index (Phi) is 4.26. The molecule has 0 saturated heterocycles. The van der Waals surface area contributed by atoms with Crippen LogP contribution in [0.25, 0.3) is 22.3 Å². The summed E-state index contributed by atoms with van der Waals surface area (Å²) in [5, 5.41) is 1.29. The van der Waals surface area contributed by atoms with Crippen LogP contribution in [-0.4, -0.2) is 26.4 Å². The van der Waals surface area contributed by atoms with Gasteiger partial charge in [-0.3, -0.25) is 4.90 Å². The van der Waals surface area contributed by atoms with Crippen LogP contribution in [0.3, 0.4) is 0 Å². The third-order valence-corrected chi connectivity index (χ3v) is 5.66. The van der Waals surface area contributed by atoms with Crippen molar-refractivity contribution in [1.29, 1.82) is 0 Å². The van der Waals surface area contributed by atoms with Crippen LogP contribution in [0, 0.1) is 0 Å². The monoisotopic (exact) mass is 418 g/mol. The Hall–Kier alpha value is -2.50. The van der Waals surface area contributed by atoms with Crippen molar-refractivity contribution in [1.82, 2.24) is 19.9 Å². The normalized spacial score (nSPS) is 14.4. The second-order valence-electron chi connectivity index (χ2n) is 7.00. The van der Waals surface area contributed by atoms with Gasteiger partial charge in [-0.25, -0.2) is 9.97 Å². The van der Waals surface area contributed by atoms with Gasteiger partial charge in [0.2, 0.25) is 0 Å². The van der Waals surface area contributed by atoms with E-state index in [1.165, 1.54) is 27.7 Å². The average molecular weight is 419 g/mol. The summed E-state index contributed by atoms with van der Waals surface area (Å²) in [5.74, 6) is 0.824. The lowest BCUT2D eigenvalue weighted by atomic mass is 10.1. The molecular weight excluding hydrogens is 400 g/mol. The fraction of sp³-hybridized carbons (Fsp3) is 0.182. The van der Waals surface area contributed by atoms with Crippen LogP contribution in [0.15, 0.2) is 65.4 Å². The topological polar surface area (TPSA) is 44.8 Å². The molecule has 0 spiro atoms. The Balaban J connectivity index is 1.36. The van der Waals surface area contributed by atoms with E-state index in [2.05, 4.69) is 67.3 Å². The van der Waals surface area contributed by atoms with Gasteiger partial charge in [-0.2, -0.15) is 0 Å². The first-order chi connectivity index (χ1) is 13.3. The van der Waals surface area contributed by atoms with Crippen LogP contribution in [0.5, 0.6) is 0 Å². The number of aromatic nitrogens is 3. The summed E-state index contributed by atoms with van der Waals surface area (Å²) in [6, 6.07) is 16.6. The minimum atomic E-state index is 0.824. The van der Waals surface area contributed by atoms with Crippen molar-refractivity contribution in [2.45, 2.75) is 19.5 Å². The lowest BCUT2D eigenvalue weighted by molar-refractivity contribution is 0.244. The molecule has 0 bridgehead atoms. The second-order valence-corrected chi connectivity index (χ2v) is 7.91. The van der Waals surface area contributed by atoms with E-state index in [0.29, 0.717) is 0 Å². The van der Waals surface area contributed by atoms with Crippen LogP contribution in [-0.2, 0) is 19.5 Å². The highest BCUT2D eigenvalue weighted by atomic mass is 79.9. The van der Waals surface area contributed by atoms with Gasteiger partial charge in [0, 0.05) is 65.0 Å². The van der Waals surface area contributed by atoms with E-state index >= 15 is 0 Å². The highest BCUT2D eigenvalue weighted by Gasteiger charge is 2.20. The van der Waals surface area contributed by atoms with Crippen molar-refractivity contribution in [3.8, 4) is 11.4 Å². The molecule has 2 aromatic carbocycles. The first-order valence-corrected chi connectivity index (χ1v) is 9.94. The largest absolute Gasteiger partial charge is 0.361 e.